The van der Waals surface area contributed by atoms with Crippen molar-refractivity contribution in [2.24, 2.45) is 7.05 Å². The molecule has 5 heteroatoms. The fourth-order valence-electron chi connectivity index (χ4n) is 1.17. The summed E-state index contributed by atoms with van der Waals surface area (Å²) in [7, 11) is 1.87. The predicted octanol–water partition coefficient (Wildman–Crippen LogP) is 1.95. The zero-order valence-corrected chi connectivity index (χ0v) is 9.06. The molecule has 0 saturated carbocycles. The molecule has 2 rings (SSSR count). The molecule has 0 unspecified atom stereocenters. The Bertz CT molecular complexity index is 450. The minimum absolute atomic E-state index is 0.245. The summed E-state index contributed by atoms with van der Waals surface area (Å²) in [6.45, 7) is 0. The molecule has 1 N–H and O–H groups in total. The maximum absolute atomic E-state index is 9.13. The quantitative estimate of drug-likeness (QED) is 0.846. The molecule has 0 radical (unpaired) electrons. The summed E-state index contributed by atoms with van der Waals surface area (Å²) in [5, 5.41) is 17.0. The van der Waals surface area contributed by atoms with E-state index >= 15 is 0 Å². The largest absolute Gasteiger partial charge is 0.508 e. The summed E-state index contributed by atoms with van der Waals surface area (Å²) in [5.41, 5.74) is 0.920. The van der Waals surface area contributed by atoms with E-state index in [1.165, 1.54) is 0 Å². The molecule has 0 saturated heterocycles. The van der Waals surface area contributed by atoms with Gasteiger partial charge in [-0.3, -0.25) is 0 Å². The van der Waals surface area contributed by atoms with Crippen molar-refractivity contribution < 1.29 is 5.11 Å². The van der Waals surface area contributed by atoms with Crippen LogP contribution in [0, 0.1) is 0 Å². The first kappa shape index (κ1) is 9.21. The van der Waals surface area contributed by atoms with Crippen LogP contribution in [0.4, 0.5) is 0 Å². The number of rotatable bonds is 1. The van der Waals surface area contributed by atoms with Gasteiger partial charge in [0.15, 0.2) is 10.6 Å². The van der Waals surface area contributed by atoms with Crippen LogP contribution in [0.5, 0.6) is 5.75 Å². The van der Waals surface area contributed by atoms with Crippen molar-refractivity contribution in [1.29, 1.82) is 0 Å². The van der Waals surface area contributed by atoms with Gasteiger partial charge in [0.1, 0.15) is 5.75 Å². The number of hydrogen-bond donors (Lipinski definition) is 1. The molecule has 0 aliphatic heterocycles. The minimum Gasteiger partial charge on any atom is -0.508 e. The van der Waals surface area contributed by atoms with Gasteiger partial charge in [0, 0.05) is 12.6 Å². The van der Waals surface area contributed by atoms with Crippen LogP contribution in [-0.4, -0.2) is 19.9 Å². The standard InChI is InChI=1S/C9H8BrN3O/c1-13-8(11-12-9(13)10)6-2-4-7(14)5-3-6/h2-5,14H,1H3. The number of phenolic OH excluding ortho intramolecular Hbond substituents is 1. The molecule has 14 heavy (non-hydrogen) atoms. The molecule has 0 fully saturated rings. The number of benzene rings is 1. The molecule has 0 bridgehead atoms. The Kier molecular flexibility index (Phi) is 2.25. The van der Waals surface area contributed by atoms with Gasteiger partial charge >= 0.3 is 0 Å². The Hall–Kier alpha value is -1.36. The van der Waals surface area contributed by atoms with E-state index in [0.29, 0.717) is 4.73 Å². The van der Waals surface area contributed by atoms with Crippen LogP contribution in [0.3, 0.4) is 0 Å². The second kappa shape index (κ2) is 3.42. The molecule has 0 aliphatic rings. The SMILES string of the molecule is Cn1c(Br)nnc1-c1ccc(O)cc1. The Morgan fingerprint density at radius 1 is 1.21 bits per heavy atom. The summed E-state index contributed by atoms with van der Waals surface area (Å²) < 4.78 is 2.51. The normalized spacial score (nSPS) is 10.4. The fraction of sp³-hybridized carbons (Fsp3) is 0.111. The molecule has 4 nitrogen and oxygen atoms in total. The van der Waals surface area contributed by atoms with E-state index in [-0.39, 0.29) is 5.75 Å². The van der Waals surface area contributed by atoms with Crippen molar-refractivity contribution in [3.8, 4) is 17.1 Å². The van der Waals surface area contributed by atoms with E-state index in [1.807, 2.05) is 11.6 Å². The summed E-state index contributed by atoms with van der Waals surface area (Å²) in [4.78, 5) is 0. The molecule has 0 spiro atoms. The maximum atomic E-state index is 9.13. The lowest BCUT2D eigenvalue weighted by atomic mass is 10.2. The van der Waals surface area contributed by atoms with Crippen LogP contribution >= 0.6 is 15.9 Å². The molecule has 2 aromatic rings. The van der Waals surface area contributed by atoms with Gasteiger partial charge in [-0.05, 0) is 40.2 Å². The van der Waals surface area contributed by atoms with Crippen LogP contribution < -0.4 is 0 Å². The molecule has 72 valence electrons. The van der Waals surface area contributed by atoms with Gasteiger partial charge in [-0.1, -0.05) is 0 Å². The third-order valence-electron chi connectivity index (χ3n) is 1.95. The van der Waals surface area contributed by atoms with Crippen LogP contribution in [0.15, 0.2) is 29.0 Å². The van der Waals surface area contributed by atoms with Crippen molar-refractivity contribution in [2.45, 2.75) is 0 Å². The number of phenols is 1. The van der Waals surface area contributed by atoms with Gasteiger partial charge in [-0.25, -0.2) is 0 Å². The summed E-state index contributed by atoms with van der Waals surface area (Å²) in [5.74, 6) is 1.01. The van der Waals surface area contributed by atoms with E-state index in [4.69, 9.17) is 5.11 Å². The molecule has 0 atom stereocenters. The number of nitrogens with zero attached hydrogens (tertiary/aromatic N) is 3. The first-order valence-electron chi connectivity index (χ1n) is 4.03. The van der Waals surface area contributed by atoms with E-state index < -0.39 is 0 Å². The smallest absolute Gasteiger partial charge is 0.200 e. The van der Waals surface area contributed by atoms with Gasteiger partial charge in [-0.2, -0.15) is 0 Å². The van der Waals surface area contributed by atoms with Crippen molar-refractivity contribution in [3.63, 3.8) is 0 Å². The predicted molar refractivity (Wildman–Crippen MR) is 55.8 cm³/mol. The van der Waals surface area contributed by atoms with E-state index in [1.54, 1.807) is 24.3 Å². The third-order valence-corrected chi connectivity index (χ3v) is 2.64. The van der Waals surface area contributed by atoms with Gasteiger partial charge in [0.25, 0.3) is 0 Å². The Morgan fingerprint density at radius 3 is 2.36 bits per heavy atom. The van der Waals surface area contributed by atoms with Gasteiger partial charge in [-0.15, -0.1) is 10.2 Å². The monoisotopic (exact) mass is 253 g/mol. The first-order valence-corrected chi connectivity index (χ1v) is 4.82. The first-order chi connectivity index (χ1) is 6.68. The fourth-order valence-corrected chi connectivity index (χ4v) is 1.42. The third kappa shape index (κ3) is 1.50. The van der Waals surface area contributed by atoms with Gasteiger partial charge in [0.05, 0.1) is 0 Å². The number of aromatic nitrogens is 3. The molecular weight excluding hydrogens is 246 g/mol. The molecule has 0 amide bonds. The average Bonchev–Trinajstić information content (AvgIpc) is 2.50. The van der Waals surface area contributed by atoms with E-state index in [0.717, 1.165) is 11.4 Å². The molecular formula is C9H8BrN3O. The van der Waals surface area contributed by atoms with E-state index in [2.05, 4.69) is 26.1 Å². The lowest BCUT2D eigenvalue weighted by Crippen LogP contribution is -1.92. The highest BCUT2D eigenvalue weighted by Crippen LogP contribution is 2.21. The van der Waals surface area contributed by atoms with Gasteiger partial charge in [0.2, 0.25) is 0 Å². The number of hydrogen-bond acceptors (Lipinski definition) is 3. The van der Waals surface area contributed by atoms with Crippen LogP contribution in [0.2, 0.25) is 0 Å². The minimum atomic E-state index is 0.245. The average molecular weight is 254 g/mol. The van der Waals surface area contributed by atoms with E-state index in [9.17, 15) is 0 Å². The summed E-state index contributed by atoms with van der Waals surface area (Å²) in [6.07, 6.45) is 0. The second-order valence-corrected chi connectivity index (χ2v) is 3.61. The van der Waals surface area contributed by atoms with Crippen LogP contribution in [0.1, 0.15) is 0 Å². The van der Waals surface area contributed by atoms with Crippen molar-refractivity contribution >= 4 is 15.9 Å². The van der Waals surface area contributed by atoms with Crippen LogP contribution in [0.25, 0.3) is 11.4 Å². The zero-order valence-electron chi connectivity index (χ0n) is 7.48. The van der Waals surface area contributed by atoms with Crippen LogP contribution in [-0.2, 0) is 7.05 Å². The maximum Gasteiger partial charge on any atom is 0.200 e. The highest BCUT2D eigenvalue weighted by Gasteiger charge is 2.07. The molecule has 1 aromatic carbocycles. The zero-order chi connectivity index (χ0) is 10.1. The Labute approximate surface area is 89.3 Å². The highest BCUT2D eigenvalue weighted by molar-refractivity contribution is 9.10. The Morgan fingerprint density at radius 2 is 1.86 bits per heavy atom. The van der Waals surface area contributed by atoms with Crippen molar-refractivity contribution in [2.75, 3.05) is 0 Å². The lowest BCUT2D eigenvalue weighted by Gasteiger charge is -2.00. The number of aromatic hydroxyl groups is 1. The van der Waals surface area contributed by atoms with Crippen molar-refractivity contribution in [3.05, 3.63) is 29.0 Å². The highest BCUT2D eigenvalue weighted by atomic mass is 79.9. The summed E-state index contributed by atoms with van der Waals surface area (Å²) in [6, 6.07) is 6.84. The lowest BCUT2D eigenvalue weighted by molar-refractivity contribution is 0.475. The number of halogens is 1. The second-order valence-electron chi connectivity index (χ2n) is 2.90. The Balaban J connectivity index is 2.49. The molecule has 1 aromatic heterocycles. The van der Waals surface area contributed by atoms with Gasteiger partial charge < -0.3 is 9.67 Å². The summed E-state index contributed by atoms with van der Waals surface area (Å²) >= 11 is 3.27. The topological polar surface area (TPSA) is 50.9 Å². The van der Waals surface area contributed by atoms with Crippen molar-refractivity contribution in [1.82, 2.24) is 14.8 Å². The molecule has 1 heterocycles. The molecule has 0 aliphatic carbocycles.